The van der Waals surface area contributed by atoms with E-state index < -0.39 is 0 Å². The molecule has 0 unspecified atom stereocenters. The van der Waals surface area contributed by atoms with Gasteiger partial charge in [0.1, 0.15) is 11.4 Å². The summed E-state index contributed by atoms with van der Waals surface area (Å²) in [6.45, 7) is 4.89. The fourth-order valence-corrected chi connectivity index (χ4v) is 3.92. The first kappa shape index (κ1) is 23.6. The lowest BCUT2D eigenvalue weighted by atomic mass is 10.1. The first-order chi connectivity index (χ1) is 15.5. The van der Waals surface area contributed by atoms with Gasteiger partial charge in [-0.25, -0.2) is 4.98 Å². The number of rotatable bonds is 7. The monoisotopic (exact) mass is 447 g/mol. The Morgan fingerprint density at radius 1 is 1.06 bits per heavy atom. The molecule has 0 amide bonds. The van der Waals surface area contributed by atoms with Gasteiger partial charge in [-0.3, -0.25) is 9.52 Å². The molecule has 4 rings (SSSR count). The molecule has 0 saturated heterocycles. The topological polar surface area (TPSA) is 56.1 Å². The van der Waals surface area contributed by atoms with Crippen LogP contribution in [0.5, 0.6) is 5.75 Å². The molecule has 6 heteroatoms. The number of pyridine rings is 1. The summed E-state index contributed by atoms with van der Waals surface area (Å²) in [6, 6.07) is 24.0. The van der Waals surface area contributed by atoms with Gasteiger partial charge in [-0.05, 0) is 49.0 Å². The van der Waals surface area contributed by atoms with E-state index in [1.165, 1.54) is 0 Å². The maximum absolute atomic E-state index is 11.0. The normalized spacial score (nSPS) is 10.7. The number of nitrogens with one attached hydrogen (secondary N) is 1. The Balaban J connectivity index is 0.000000427. The Bertz CT molecular complexity index is 1160. The molecule has 0 atom stereocenters. The molecule has 0 spiro atoms. The lowest BCUT2D eigenvalue weighted by Crippen LogP contribution is -2.04. The highest BCUT2D eigenvalue weighted by molar-refractivity contribution is 7.97. The molecule has 32 heavy (non-hydrogen) atoms. The number of hydrogen-bond acceptors (Lipinski definition) is 5. The van der Waals surface area contributed by atoms with Crippen LogP contribution in [0.15, 0.2) is 72.8 Å². The summed E-state index contributed by atoms with van der Waals surface area (Å²) < 4.78 is 10.6. The molecule has 0 aliphatic rings. The van der Waals surface area contributed by atoms with Gasteiger partial charge in [0.25, 0.3) is 0 Å². The van der Waals surface area contributed by atoms with Crippen molar-refractivity contribution in [3.63, 3.8) is 0 Å². The fourth-order valence-electron chi connectivity index (χ4n) is 3.44. The maximum atomic E-state index is 11.0. The van der Waals surface area contributed by atoms with Gasteiger partial charge in [-0.15, -0.1) is 0 Å². The van der Waals surface area contributed by atoms with Crippen molar-refractivity contribution in [2.24, 2.45) is 0 Å². The van der Waals surface area contributed by atoms with E-state index in [1.54, 1.807) is 25.1 Å². The second kappa shape index (κ2) is 11.5. The summed E-state index contributed by atoms with van der Waals surface area (Å²) >= 11 is 1.74. The van der Waals surface area contributed by atoms with Crippen LogP contribution >= 0.6 is 11.9 Å². The summed E-state index contributed by atoms with van der Waals surface area (Å²) in [5.41, 5.74) is 4.63. The van der Waals surface area contributed by atoms with Crippen LogP contribution in [0.3, 0.4) is 0 Å². The van der Waals surface area contributed by atoms with Gasteiger partial charge in [0.2, 0.25) is 0 Å². The van der Waals surface area contributed by atoms with Crippen LogP contribution in [0.1, 0.15) is 30.0 Å². The Kier molecular flexibility index (Phi) is 8.48. The second-order valence-corrected chi connectivity index (χ2v) is 9.04. The van der Waals surface area contributed by atoms with Crippen molar-refractivity contribution in [3.8, 4) is 17.0 Å². The Morgan fingerprint density at radius 2 is 1.84 bits per heavy atom. The molecule has 0 aliphatic carbocycles. The minimum atomic E-state index is 0.446. The highest BCUT2D eigenvalue weighted by atomic mass is 32.2. The third-order valence-corrected chi connectivity index (χ3v) is 5.51. The van der Waals surface area contributed by atoms with Gasteiger partial charge >= 0.3 is 0 Å². The quantitative estimate of drug-likeness (QED) is 0.285. The third kappa shape index (κ3) is 5.99. The number of benzene rings is 2. The van der Waals surface area contributed by atoms with Crippen LogP contribution in [0.25, 0.3) is 22.2 Å². The molecule has 2 aromatic heterocycles. The number of ether oxygens (including phenoxy) is 1. The van der Waals surface area contributed by atoms with Crippen LogP contribution in [0, 0.1) is 0 Å². The van der Waals surface area contributed by atoms with Crippen molar-refractivity contribution >= 4 is 29.1 Å². The van der Waals surface area contributed by atoms with Crippen molar-refractivity contribution in [1.29, 1.82) is 0 Å². The zero-order chi connectivity index (χ0) is 22.9. The van der Waals surface area contributed by atoms with Crippen LogP contribution in [0.2, 0.25) is 0 Å². The van der Waals surface area contributed by atoms with E-state index in [4.69, 9.17) is 4.74 Å². The zero-order valence-electron chi connectivity index (χ0n) is 18.9. The van der Waals surface area contributed by atoms with E-state index in [-0.39, 0.29) is 0 Å². The lowest BCUT2D eigenvalue weighted by Gasteiger charge is -2.11. The summed E-state index contributed by atoms with van der Waals surface area (Å²) in [5.74, 6) is 0.829. The molecular formula is C26H29N3O2S. The van der Waals surface area contributed by atoms with Crippen molar-refractivity contribution in [2.75, 3.05) is 14.2 Å². The van der Waals surface area contributed by atoms with Crippen molar-refractivity contribution in [2.45, 2.75) is 25.6 Å². The Labute approximate surface area is 194 Å². The summed E-state index contributed by atoms with van der Waals surface area (Å²) in [4.78, 5) is 15.5. The SMILES string of the molecule is CNSC(C)C.COc1ccc2c(c1)cc(-c1ccccc1)n2Cc1cccc(C=O)n1. The van der Waals surface area contributed by atoms with Crippen molar-refractivity contribution in [3.05, 3.63) is 84.2 Å². The predicted molar refractivity (Wildman–Crippen MR) is 134 cm³/mol. The minimum absolute atomic E-state index is 0.446. The van der Waals surface area contributed by atoms with Crippen LogP contribution in [-0.2, 0) is 6.54 Å². The number of hydrogen-bond donors (Lipinski definition) is 1. The molecule has 2 heterocycles. The number of nitrogens with zero attached hydrogens (tertiary/aromatic N) is 2. The molecule has 0 bridgehead atoms. The van der Waals surface area contributed by atoms with Crippen LogP contribution < -0.4 is 9.46 Å². The van der Waals surface area contributed by atoms with E-state index in [2.05, 4.69) is 52.4 Å². The highest BCUT2D eigenvalue weighted by Gasteiger charge is 2.12. The molecule has 0 fully saturated rings. The van der Waals surface area contributed by atoms with E-state index in [0.717, 1.165) is 39.9 Å². The standard InChI is InChI=1S/C22H18N2O2.C4H11NS/c1-26-20-10-11-21-17(12-20)13-22(16-6-3-2-4-7-16)24(21)14-18-8-5-9-19(15-25)23-18;1-4(2)6-5-3/h2-13,15H,14H2,1H3;4-5H,1-3H3. The average molecular weight is 448 g/mol. The third-order valence-electron chi connectivity index (χ3n) is 4.80. The van der Waals surface area contributed by atoms with Gasteiger partial charge in [0.05, 0.1) is 19.3 Å². The molecule has 0 radical (unpaired) electrons. The van der Waals surface area contributed by atoms with Crippen LogP contribution in [-0.4, -0.2) is 35.2 Å². The second-order valence-electron chi connectivity index (χ2n) is 7.45. The first-order valence-corrected chi connectivity index (χ1v) is 11.4. The van der Waals surface area contributed by atoms with Crippen molar-refractivity contribution in [1.82, 2.24) is 14.3 Å². The van der Waals surface area contributed by atoms with Crippen LogP contribution in [0.4, 0.5) is 0 Å². The summed E-state index contributed by atoms with van der Waals surface area (Å²) in [5, 5.41) is 1.81. The number of carbonyl (C=O) groups excluding carboxylic acids is 1. The van der Waals surface area contributed by atoms with Gasteiger partial charge < -0.3 is 9.30 Å². The Hall–Kier alpha value is -3.09. The number of aldehydes is 1. The smallest absolute Gasteiger partial charge is 0.168 e. The molecule has 5 nitrogen and oxygen atoms in total. The number of carbonyl (C=O) groups is 1. The summed E-state index contributed by atoms with van der Waals surface area (Å²) in [7, 11) is 3.61. The van der Waals surface area contributed by atoms with Crippen molar-refractivity contribution < 1.29 is 9.53 Å². The molecule has 1 N–H and O–H groups in total. The molecule has 2 aromatic carbocycles. The van der Waals surface area contributed by atoms with Gasteiger partial charge in [0.15, 0.2) is 6.29 Å². The largest absolute Gasteiger partial charge is 0.497 e. The Morgan fingerprint density at radius 3 is 2.47 bits per heavy atom. The first-order valence-electron chi connectivity index (χ1n) is 10.5. The van der Waals surface area contributed by atoms with Gasteiger partial charge in [0, 0.05) is 21.8 Å². The number of methoxy groups -OCH3 is 1. The van der Waals surface area contributed by atoms with E-state index >= 15 is 0 Å². The lowest BCUT2D eigenvalue weighted by molar-refractivity contribution is 0.111. The van der Waals surface area contributed by atoms with Gasteiger partial charge in [-0.2, -0.15) is 0 Å². The molecule has 0 saturated carbocycles. The fraction of sp³-hybridized carbons (Fsp3) is 0.231. The highest BCUT2D eigenvalue weighted by Crippen LogP contribution is 2.31. The molecule has 0 aliphatic heterocycles. The van der Waals surface area contributed by atoms with Gasteiger partial charge in [-0.1, -0.05) is 62.2 Å². The van der Waals surface area contributed by atoms with E-state index in [9.17, 15) is 4.79 Å². The molecule has 4 aromatic rings. The van der Waals surface area contributed by atoms with E-state index in [0.29, 0.717) is 17.5 Å². The average Bonchev–Trinajstić information content (AvgIpc) is 3.17. The summed E-state index contributed by atoms with van der Waals surface area (Å²) in [6.07, 6.45) is 0.778. The number of aromatic nitrogens is 2. The maximum Gasteiger partial charge on any atom is 0.168 e. The number of fused-ring (bicyclic) bond motifs is 1. The predicted octanol–water partition coefficient (Wildman–Crippen LogP) is 5.84. The molecular weight excluding hydrogens is 418 g/mol. The van der Waals surface area contributed by atoms with E-state index in [1.807, 2.05) is 49.5 Å². The zero-order valence-corrected chi connectivity index (χ0v) is 19.7. The minimum Gasteiger partial charge on any atom is -0.497 e. The molecule has 166 valence electrons.